The van der Waals surface area contributed by atoms with E-state index in [9.17, 15) is 4.79 Å². The van der Waals surface area contributed by atoms with E-state index in [1.54, 1.807) is 0 Å². The fourth-order valence-electron chi connectivity index (χ4n) is 5.64. The maximum absolute atomic E-state index is 13.0. The van der Waals surface area contributed by atoms with Gasteiger partial charge in [0.1, 0.15) is 5.75 Å². The summed E-state index contributed by atoms with van der Waals surface area (Å²) in [6.45, 7) is 5.71. The Hall–Kier alpha value is -1.55. The number of benzene rings is 1. The number of ether oxygens (including phenoxy) is 1. The van der Waals surface area contributed by atoms with Crippen LogP contribution in [0.5, 0.6) is 5.75 Å². The number of rotatable bonds is 4. The van der Waals surface area contributed by atoms with Crippen LogP contribution >= 0.6 is 0 Å². The van der Waals surface area contributed by atoms with Crippen molar-refractivity contribution in [2.24, 2.45) is 23.5 Å². The van der Waals surface area contributed by atoms with Gasteiger partial charge in [0.25, 0.3) is 5.91 Å². The van der Waals surface area contributed by atoms with E-state index in [1.807, 2.05) is 45.0 Å². The molecule has 0 aromatic heterocycles. The molecule has 4 aliphatic carbocycles. The van der Waals surface area contributed by atoms with Crippen molar-refractivity contribution in [2.45, 2.75) is 70.1 Å². The molecule has 0 spiro atoms. The Morgan fingerprint density at radius 1 is 1.20 bits per heavy atom. The zero-order valence-electron chi connectivity index (χ0n) is 15.5. The molecule has 25 heavy (non-hydrogen) atoms. The van der Waals surface area contributed by atoms with Gasteiger partial charge in [0.2, 0.25) is 0 Å². The first-order valence-corrected chi connectivity index (χ1v) is 9.60. The van der Waals surface area contributed by atoms with Crippen LogP contribution in [0.25, 0.3) is 0 Å². The lowest BCUT2D eigenvalue weighted by Gasteiger charge is -2.59. The molecule has 136 valence electrons. The largest absolute Gasteiger partial charge is 0.478 e. The van der Waals surface area contributed by atoms with Gasteiger partial charge >= 0.3 is 0 Å². The van der Waals surface area contributed by atoms with E-state index in [2.05, 4.69) is 5.32 Å². The molecule has 4 bridgehead atoms. The first-order valence-electron chi connectivity index (χ1n) is 9.60. The molecule has 0 radical (unpaired) electrons. The number of hydrogen-bond donors (Lipinski definition) is 2. The standard InChI is InChI=1S/C21H30N2O2/c1-13-6-4-5-7-17(13)25-20(2,3)19(24)23-18-15-8-14-9-16(18)12-21(22,10-14)11-15/h4-7,14-16,18H,8-12,22H2,1-3H3,(H,23,24)/t14?,15-,16+,18?,21?. The van der Waals surface area contributed by atoms with E-state index in [0.29, 0.717) is 11.8 Å². The minimum atomic E-state index is -0.888. The van der Waals surface area contributed by atoms with Crippen LogP contribution in [-0.2, 0) is 4.79 Å². The first-order chi connectivity index (χ1) is 11.8. The summed E-state index contributed by atoms with van der Waals surface area (Å²) in [6, 6.07) is 8.11. The van der Waals surface area contributed by atoms with Gasteiger partial charge in [0.05, 0.1) is 0 Å². The van der Waals surface area contributed by atoms with E-state index >= 15 is 0 Å². The molecule has 4 aliphatic rings. The number of nitrogens with one attached hydrogen (secondary N) is 1. The number of hydrogen-bond acceptors (Lipinski definition) is 3. The van der Waals surface area contributed by atoms with Crippen molar-refractivity contribution >= 4 is 5.91 Å². The van der Waals surface area contributed by atoms with Gasteiger partial charge in [-0.05, 0) is 82.3 Å². The first kappa shape index (κ1) is 16.9. The molecule has 5 rings (SSSR count). The smallest absolute Gasteiger partial charge is 0.263 e. The van der Waals surface area contributed by atoms with Gasteiger partial charge in [0.15, 0.2) is 5.60 Å². The summed E-state index contributed by atoms with van der Waals surface area (Å²) in [5.74, 6) is 2.60. The van der Waals surface area contributed by atoms with Crippen molar-refractivity contribution in [2.75, 3.05) is 0 Å². The van der Waals surface area contributed by atoms with E-state index < -0.39 is 5.60 Å². The summed E-state index contributed by atoms with van der Waals surface area (Å²) in [7, 11) is 0. The van der Waals surface area contributed by atoms with Gasteiger partial charge in [-0.1, -0.05) is 18.2 Å². The lowest BCUT2D eigenvalue weighted by atomic mass is 9.51. The van der Waals surface area contributed by atoms with Gasteiger partial charge in [-0.3, -0.25) is 4.79 Å². The Morgan fingerprint density at radius 2 is 1.84 bits per heavy atom. The highest BCUT2D eigenvalue weighted by Gasteiger charge is 2.54. The number of carbonyl (C=O) groups excluding carboxylic acids is 1. The number of aryl methyl sites for hydroxylation is 1. The normalized spacial score (nSPS) is 36.3. The minimum absolute atomic E-state index is 0.0145. The van der Waals surface area contributed by atoms with Gasteiger partial charge < -0.3 is 15.8 Å². The average molecular weight is 342 g/mol. The zero-order valence-corrected chi connectivity index (χ0v) is 15.5. The van der Waals surface area contributed by atoms with Crippen LogP contribution in [0.15, 0.2) is 24.3 Å². The Labute approximate surface area is 150 Å². The highest BCUT2D eigenvalue weighted by Crippen LogP contribution is 2.54. The molecule has 0 aliphatic heterocycles. The Bertz CT molecular complexity index is 668. The number of nitrogens with two attached hydrogens (primary N) is 1. The molecule has 1 amide bonds. The summed E-state index contributed by atoms with van der Waals surface area (Å²) in [5, 5.41) is 3.34. The highest BCUT2D eigenvalue weighted by atomic mass is 16.5. The number of para-hydroxylation sites is 1. The topological polar surface area (TPSA) is 64.3 Å². The summed E-state index contributed by atoms with van der Waals surface area (Å²) in [5.41, 5.74) is 6.77. The molecule has 4 fully saturated rings. The van der Waals surface area contributed by atoms with Crippen LogP contribution in [0, 0.1) is 24.7 Å². The quantitative estimate of drug-likeness (QED) is 0.883. The molecule has 1 aromatic carbocycles. The third-order valence-corrected chi connectivity index (χ3v) is 6.62. The average Bonchev–Trinajstić information content (AvgIpc) is 2.51. The van der Waals surface area contributed by atoms with Crippen molar-refractivity contribution in [3.8, 4) is 5.75 Å². The van der Waals surface area contributed by atoms with E-state index in [0.717, 1.165) is 30.1 Å². The maximum Gasteiger partial charge on any atom is 0.263 e. The summed E-state index contributed by atoms with van der Waals surface area (Å²) < 4.78 is 6.07. The van der Waals surface area contributed by atoms with Crippen LogP contribution in [0.2, 0.25) is 0 Å². The molecule has 1 aromatic rings. The van der Waals surface area contributed by atoms with Gasteiger partial charge in [-0.2, -0.15) is 0 Å². The van der Waals surface area contributed by atoms with Crippen molar-refractivity contribution < 1.29 is 9.53 Å². The van der Waals surface area contributed by atoms with Crippen LogP contribution < -0.4 is 15.8 Å². The third-order valence-electron chi connectivity index (χ3n) is 6.62. The van der Waals surface area contributed by atoms with E-state index in [1.165, 1.54) is 19.3 Å². The zero-order chi connectivity index (χ0) is 17.8. The second-order valence-electron chi connectivity index (χ2n) is 9.21. The molecular formula is C21H30N2O2. The number of carbonyl (C=O) groups is 1. The van der Waals surface area contributed by atoms with Crippen molar-refractivity contribution in [3.63, 3.8) is 0 Å². The Kier molecular flexibility index (Phi) is 3.87. The van der Waals surface area contributed by atoms with Crippen molar-refractivity contribution in [1.29, 1.82) is 0 Å². The Morgan fingerprint density at radius 3 is 2.44 bits per heavy atom. The molecule has 5 atom stereocenters. The maximum atomic E-state index is 13.0. The minimum Gasteiger partial charge on any atom is -0.478 e. The predicted octanol–water partition coefficient (Wildman–Crippen LogP) is 3.17. The van der Waals surface area contributed by atoms with E-state index in [4.69, 9.17) is 10.5 Å². The molecule has 4 heteroatoms. The second kappa shape index (κ2) is 5.73. The van der Waals surface area contributed by atoms with E-state index in [-0.39, 0.29) is 17.5 Å². The molecular weight excluding hydrogens is 312 g/mol. The summed E-state index contributed by atoms with van der Waals surface area (Å²) in [4.78, 5) is 13.0. The SMILES string of the molecule is Cc1ccccc1OC(C)(C)C(=O)NC1[C@@H]2CC3C[C@H]1CC(N)(C3)C2. The molecule has 4 nitrogen and oxygen atoms in total. The monoisotopic (exact) mass is 342 g/mol. The van der Waals surface area contributed by atoms with Gasteiger partial charge in [-0.25, -0.2) is 0 Å². The van der Waals surface area contributed by atoms with Crippen LogP contribution in [-0.4, -0.2) is 23.1 Å². The lowest BCUT2D eigenvalue weighted by Crippen LogP contribution is -2.66. The van der Waals surface area contributed by atoms with Crippen LogP contribution in [0.4, 0.5) is 0 Å². The van der Waals surface area contributed by atoms with Crippen molar-refractivity contribution in [3.05, 3.63) is 29.8 Å². The van der Waals surface area contributed by atoms with Crippen molar-refractivity contribution in [1.82, 2.24) is 5.32 Å². The van der Waals surface area contributed by atoms with Crippen LogP contribution in [0.1, 0.15) is 51.5 Å². The molecule has 3 N–H and O–H groups in total. The predicted molar refractivity (Wildman–Crippen MR) is 98.3 cm³/mol. The molecule has 0 heterocycles. The fraction of sp³-hybridized carbons (Fsp3) is 0.667. The fourth-order valence-corrected chi connectivity index (χ4v) is 5.64. The Balaban J connectivity index is 1.46. The highest BCUT2D eigenvalue weighted by molar-refractivity contribution is 5.85. The lowest BCUT2D eigenvalue weighted by molar-refractivity contribution is -0.138. The summed E-state index contributed by atoms with van der Waals surface area (Å²) >= 11 is 0. The third kappa shape index (κ3) is 3.05. The molecule has 0 saturated heterocycles. The molecule has 4 saturated carbocycles. The van der Waals surface area contributed by atoms with Crippen LogP contribution in [0.3, 0.4) is 0 Å². The van der Waals surface area contributed by atoms with Gasteiger partial charge in [-0.15, -0.1) is 0 Å². The number of amides is 1. The van der Waals surface area contributed by atoms with Gasteiger partial charge in [0, 0.05) is 11.6 Å². The second-order valence-corrected chi connectivity index (χ2v) is 9.21. The summed E-state index contributed by atoms with van der Waals surface area (Å²) in [6.07, 6.45) is 5.75. The molecule has 3 unspecified atom stereocenters.